The summed E-state index contributed by atoms with van der Waals surface area (Å²) in [6.45, 7) is 5.32. The third-order valence-corrected chi connectivity index (χ3v) is 2.42. The Morgan fingerprint density at radius 3 is 3.06 bits per heavy atom. The summed E-state index contributed by atoms with van der Waals surface area (Å²) in [4.78, 5) is 8.49. The first-order chi connectivity index (χ1) is 8.69. The minimum atomic E-state index is -0.667. The molecule has 0 saturated heterocycles. The van der Waals surface area contributed by atoms with Crippen molar-refractivity contribution < 1.29 is 5.11 Å². The second-order valence-electron chi connectivity index (χ2n) is 4.02. The summed E-state index contributed by atoms with van der Waals surface area (Å²) >= 11 is 0. The van der Waals surface area contributed by atoms with Gasteiger partial charge in [0, 0.05) is 11.6 Å². The fourth-order valence-corrected chi connectivity index (χ4v) is 1.61. The van der Waals surface area contributed by atoms with Crippen LogP contribution in [0.1, 0.15) is 18.3 Å². The molecule has 0 aliphatic rings. The van der Waals surface area contributed by atoms with Crippen molar-refractivity contribution in [3.63, 3.8) is 0 Å². The number of aliphatic hydroxyl groups excluding tert-OH is 1. The molecule has 90 valence electrons. The monoisotopic (exact) mass is 238 g/mol. The Kier molecular flexibility index (Phi) is 3.71. The Balaban J connectivity index is 2.39. The Morgan fingerprint density at radius 1 is 1.50 bits per heavy atom. The minimum Gasteiger partial charge on any atom is -0.381 e. The van der Waals surface area contributed by atoms with Crippen LogP contribution in [0.4, 0.5) is 0 Å². The first-order valence-corrected chi connectivity index (χ1v) is 5.75. The zero-order chi connectivity index (χ0) is 13.0. The average molecular weight is 238 g/mol. The highest BCUT2D eigenvalue weighted by atomic mass is 16.3. The summed E-state index contributed by atoms with van der Waals surface area (Å²) in [6, 6.07) is 6.01. The van der Waals surface area contributed by atoms with Gasteiger partial charge in [-0.15, -0.1) is 6.58 Å². The van der Waals surface area contributed by atoms with E-state index >= 15 is 0 Å². The third-order valence-electron chi connectivity index (χ3n) is 2.42. The molecule has 18 heavy (non-hydrogen) atoms. The second kappa shape index (κ2) is 5.44. The lowest BCUT2D eigenvalue weighted by Crippen LogP contribution is -1.95. The van der Waals surface area contributed by atoms with Gasteiger partial charge in [-0.2, -0.15) is 0 Å². The number of hydrogen-bond acceptors (Lipinski definition) is 3. The lowest BCUT2D eigenvalue weighted by molar-refractivity contribution is 0.253. The molecule has 0 fully saturated rings. The summed E-state index contributed by atoms with van der Waals surface area (Å²) in [6.07, 6.45) is 3.78. The van der Waals surface area contributed by atoms with Crippen molar-refractivity contribution in [2.75, 3.05) is 0 Å². The van der Waals surface area contributed by atoms with E-state index in [-0.39, 0.29) is 0 Å². The standard InChI is InChI=1S/C15H14N2O/c1-3-4-12-6-7-14-13(9-12)10-16-15(17-14)8-5-11(2)18/h3,6-7,9-11,18H,1,4H2,2H3. The van der Waals surface area contributed by atoms with Gasteiger partial charge in [0.1, 0.15) is 6.10 Å². The fourth-order valence-electron chi connectivity index (χ4n) is 1.61. The molecule has 1 heterocycles. The van der Waals surface area contributed by atoms with Crippen molar-refractivity contribution in [2.45, 2.75) is 19.4 Å². The van der Waals surface area contributed by atoms with Crippen LogP contribution < -0.4 is 0 Å². The quantitative estimate of drug-likeness (QED) is 0.643. The molecule has 1 N–H and O–H groups in total. The number of allylic oxidation sites excluding steroid dienone is 1. The molecule has 0 spiro atoms. The molecule has 0 amide bonds. The Labute approximate surface area is 106 Å². The molecule has 1 aromatic heterocycles. The van der Waals surface area contributed by atoms with Gasteiger partial charge in [0.15, 0.2) is 0 Å². The zero-order valence-corrected chi connectivity index (χ0v) is 10.2. The molecule has 3 nitrogen and oxygen atoms in total. The highest BCUT2D eigenvalue weighted by Crippen LogP contribution is 2.13. The van der Waals surface area contributed by atoms with Crippen LogP contribution >= 0.6 is 0 Å². The van der Waals surface area contributed by atoms with Crippen molar-refractivity contribution in [1.29, 1.82) is 0 Å². The first-order valence-electron chi connectivity index (χ1n) is 5.75. The number of rotatable bonds is 2. The number of aliphatic hydroxyl groups is 1. The van der Waals surface area contributed by atoms with Crippen molar-refractivity contribution in [3.05, 3.63) is 48.4 Å². The van der Waals surface area contributed by atoms with Gasteiger partial charge in [0.25, 0.3) is 0 Å². The lowest BCUT2D eigenvalue weighted by atomic mass is 10.1. The molecule has 0 aliphatic heterocycles. The van der Waals surface area contributed by atoms with Crippen LogP contribution in [0, 0.1) is 11.8 Å². The van der Waals surface area contributed by atoms with Gasteiger partial charge in [-0.05, 0) is 37.0 Å². The van der Waals surface area contributed by atoms with E-state index in [1.807, 2.05) is 24.3 Å². The van der Waals surface area contributed by atoms with E-state index in [4.69, 9.17) is 5.11 Å². The van der Waals surface area contributed by atoms with Crippen LogP contribution in [0.15, 0.2) is 37.1 Å². The van der Waals surface area contributed by atoms with E-state index in [0.29, 0.717) is 5.82 Å². The number of aromatic nitrogens is 2. The smallest absolute Gasteiger partial charge is 0.205 e. The van der Waals surface area contributed by atoms with Crippen LogP contribution in [0.5, 0.6) is 0 Å². The normalized spacial score (nSPS) is 11.7. The first kappa shape index (κ1) is 12.3. The molecule has 2 aromatic rings. The molecular weight excluding hydrogens is 224 g/mol. The van der Waals surface area contributed by atoms with Gasteiger partial charge in [-0.1, -0.05) is 18.1 Å². The maximum absolute atomic E-state index is 9.08. The van der Waals surface area contributed by atoms with E-state index in [1.165, 1.54) is 5.56 Å². The van der Waals surface area contributed by atoms with Crippen molar-refractivity contribution in [2.24, 2.45) is 0 Å². The second-order valence-corrected chi connectivity index (χ2v) is 4.02. The molecular formula is C15H14N2O. The predicted octanol–water partition coefficient (Wildman–Crippen LogP) is 2.09. The predicted molar refractivity (Wildman–Crippen MR) is 72.0 cm³/mol. The number of nitrogens with zero attached hydrogens (tertiary/aromatic N) is 2. The number of fused-ring (bicyclic) bond motifs is 1. The van der Waals surface area contributed by atoms with E-state index in [1.54, 1.807) is 13.1 Å². The van der Waals surface area contributed by atoms with Gasteiger partial charge in [0.2, 0.25) is 5.82 Å². The van der Waals surface area contributed by atoms with Crippen LogP contribution in [-0.4, -0.2) is 21.2 Å². The Morgan fingerprint density at radius 2 is 2.33 bits per heavy atom. The summed E-state index contributed by atoms with van der Waals surface area (Å²) in [5.74, 6) is 5.79. The van der Waals surface area contributed by atoms with E-state index in [2.05, 4.69) is 28.4 Å². The molecule has 3 heteroatoms. The largest absolute Gasteiger partial charge is 0.381 e. The summed E-state index contributed by atoms with van der Waals surface area (Å²) in [5.41, 5.74) is 2.04. The van der Waals surface area contributed by atoms with Gasteiger partial charge in [-0.3, -0.25) is 0 Å². The summed E-state index contributed by atoms with van der Waals surface area (Å²) in [5, 5.41) is 10.1. The van der Waals surface area contributed by atoms with Gasteiger partial charge in [-0.25, -0.2) is 9.97 Å². The van der Waals surface area contributed by atoms with Gasteiger partial charge < -0.3 is 5.11 Å². The van der Waals surface area contributed by atoms with E-state index < -0.39 is 6.10 Å². The third kappa shape index (κ3) is 2.93. The van der Waals surface area contributed by atoms with Crippen LogP contribution in [0.3, 0.4) is 0 Å². The molecule has 1 atom stereocenters. The van der Waals surface area contributed by atoms with Gasteiger partial charge in [0.05, 0.1) is 5.52 Å². The molecule has 0 saturated carbocycles. The highest BCUT2D eigenvalue weighted by molar-refractivity contribution is 5.78. The maximum Gasteiger partial charge on any atom is 0.205 e. The van der Waals surface area contributed by atoms with Crippen LogP contribution in [0.2, 0.25) is 0 Å². The van der Waals surface area contributed by atoms with Crippen molar-refractivity contribution in [1.82, 2.24) is 9.97 Å². The molecule has 2 rings (SSSR count). The van der Waals surface area contributed by atoms with Crippen LogP contribution in [0.25, 0.3) is 10.9 Å². The number of hydrogen-bond donors (Lipinski definition) is 1. The highest BCUT2D eigenvalue weighted by Gasteiger charge is 1.99. The zero-order valence-electron chi connectivity index (χ0n) is 10.2. The Bertz CT molecular complexity index is 636. The fraction of sp³-hybridized carbons (Fsp3) is 0.200. The topological polar surface area (TPSA) is 46.0 Å². The van der Waals surface area contributed by atoms with Crippen LogP contribution in [-0.2, 0) is 6.42 Å². The molecule has 0 aliphatic carbocycles. The van der Waals surface area contributed by atoms with Crippen molar-refractivity contribution >= 4 is 10.9 Å². The molecule has 1 unspecified atom stereocenters. The van der Waals surface area contributed by atoms with E-state index in [9.17, 15) is 0 Å². The Hall–Kier alpha value is -2.18. The summed E-state index contributed by atoms with van der Waals surface area (Å²) < 4.78 is 0. The molecule has 0 bridgehead atoms. The van der Waals surface area contributed by atoms with Crippen molar-refractivity contribution in [3.8, 4) is 11.8 Å². The number of benzene rings is 1. The molecule has 0 radical (unpaired) electrons. The minimum absolute atomic E-state index is 0.430. The van der Waals surface area contributed by atoms with Gasteiger partial charge >= 0.3 is 0 Å². The van der Waals surface area contributed by atoms with E-state index in [0.717, 1.165) is 17.3 Å². The molecule has 1 aromatic carbocycles. The SMILES string of the molecule is C=CCc1ccc2nc(C#CC(C)O)ncc2c1. The lowest BCUT2D eigenvalue weighted by Gasteiger charge is -2.00. The maximum atomic E-state index is 9.08. The summed E-state index contributed by atoms with van der Waals surface area (Å²) in [7, 11) is 0. The average Bonchev–Trinajstić information content (AvgIpc) is 2.36.